The first kappa shape index (κ1) is 18.9. The lowest BCUT2D eigenvalue weighted by Crippen LogP contribution is -2.42. The van der Waals surface area contributed by atoms with Gasteiger partial charge < -0.3 is 20.9 Å². The van der Waals surface area contributed by atoms with Crippen LogP contribution in [0, 0.1) is 0 Å². The highest BCUT2D eigenvalue weighted by Crippen LogP contribution is 2.11. The standard InChI is InChI=1S/C12H21ClN4O4/c1-12(2,3)21-11(19)16-17(4)8(9(13)15)6-7(14)10(18)20-5/h6H,14-15H2,1-5H3,(H,16,19)/b7-6-,9-8+. The first-order valence-corrected chi connectivity index (χ1v) is 6.29. The van der Waals surface area contributed by atoms with Crippen LogP contribution in [0.1, 0.15) is 20.8 Å². The first-order chi connectivity index (χ1) is 9.47. The molecule has 5 N–H and O–H groups in total. The molecule has 0 saturated heterocycles. The van der Waals surface area contributed by atoms with Crippen molar-refractivity contribution >= 4 is 23.7 Å². The van der Waals surface area contributed by atoms with Crippen molar-refractivity contribution in [3.8, 4) is 0 Å². The number of halogens is 1. The van der Waals surface area contributed by atoms with E-state index in [0.29, 0.717) is 0 Å². The van der Waals surface area contributed by atoms with Gasteiger partial charge in [-0.15, -0.1) is 0 Å². The van der Waals surface area contributed by atoms with Crippen LogP contribution in [0.4, 0.5) is 4.79 Å². The molecule has 0 atom stereocenters. The van der Waals surface area contributed by atoms with Crippen molar-refractivity contribution in [2.45, 2.75) is 26.4 Å². The van der Waals surface area contributed by atoms with E-state index in [1.807, 2.05) is 0 Å². The maximum absolute atomic E-state index is 11.6. The Balaban J connectivity index is 5.06. The Morgan fingerprint density at radius 2 is 1.81 bits per heavy atom. The molecule has 9 heteroatoms. The Hall–Kier alpha value is -2.09. The van der Waals surface area contributed by atoms with Gasteiger partial charge in [-0.25, -0.2) is 15.0 Å². The number of nitrogens with zero attached hydrogens (tertiary/aromatic N) is 1. The summed E-state index contributed by atoms with van der Waals surface area (Å²) < 4.78 is 9.52. The van der Waals surface area contributed by atoms with Gasteiger partial charge in [0.2, 0.25) is 0 Å². The van der Waals surface area contributed by atoms with Gasteiger partial charge >= 0.3 is 12.1 Å². The maximum Gasteiger partial charge on any atom is 0.426 e. The van der Waals surface area contributed by atoms with Gasteiger partial charge in [-0.1, -0.05) is 11.6 Å². The predicted octanol–water partition coefficient (Wildman–Crippen LogP) is 0.740. The third kappa shape index (κ3) is 7.31. The Morgan fingerprint density at radius 3 is 2.19 bits per heavy atom. The Labute approximate surface area is 128 Å². The average molecular weight is 321 g/mol. The highest BCUT2D eigenvalue weighted by atomic mass is 35.5. The molecule has 0 aromatic rings. The number of nitrogens with one attached hydrogen (secondary N) is 1. The lowest BCUT2D eigenvalue weighted by Gasteiger charge is -2.25. The molecular formula is C12H21ClN4O4. The molecule has 0 aliphatic rings. The minimum absolute atomic E-state index is 0.102. The monoisotopic (exact) mass is 320 g/mol. The van der Waals surface area contributed by atoms with Crippen LogP contribution >= 0.6 is 11.6 Å². The summed E-state index contributed by atoms with van der Waals surface area (Å²) in [5.74, 6) is -0.754. The molecule has 0 aliphatic carbocycles. The van der Waals surface area contributed by atoms with Crippen molar-refractivity contribution in [2.24, 2.45) is 11.5 Å². The van der Waals surface area contributed by atoms with Crippen LogP contribution in [0.3, 0.4) is 0 Å². The molecular weight excluding hydrogens is 300 g/mol. The number of hydrazine groups is 1. The number of likely N-dealkylation sites (N-methyl/N-ethyl adjacent to an activating group) is 1. The van der Waals surface area contributed by atoms with Crippen molar-refractivity contribution in [1.82, 2.24) is 10.4 Å². The summed E-state index contributed by atoms with van der Waals surface area (Å²) in [6.45, 7) is 5.15. The molecule has 0 heterocycles. The number of carbonyl (C=O) groups is 2. The van der Waals surface area contributed by atoms with E-state index in [2.05, 4.69) is 10.2 Å². The van der Waals surface area contributed by atoms with Gasteiger partial charge in [-0.3, -0.25) is 5.01 Å². The second kappa shape index (κ2) is 7.63. The molecule has 0 spiro atoms. The number of rotatable bonds is 4. The molecule has 120 valence electrons. The van der Waals surface area contributed by atoms with Gasteiger partial charge in [0.1, 0.15) is 16.5 Å². The van der Waals surface area contributed by atoms with E-state index >= 15 is 0 Å². The van der Waals surface area contributed by atoms with Crippen LogP contribution in [0.2, 0.25) is 0 Å². The normalized spacial score (nSPS) is 13.1. The zero-order chi connectivity index (χ0) is 16.8. The summed E-state index contributed by atoms with van der Waals surface area (Å²) in [4.78, 5) is 22.9. The Morgan fingerprint density at radius 1 is 1.29 bits per heavy atom. The fourth-order valence-electron chi connectivity index (χ4n) is 1.15. The quantitative estimate of drug-likeness (QED) is 0.230. The van der Waals surface area contributed by atoms with Crippen molar-refractivity contribution in [1.29, 1.82) is 0 Å². The number of hydrogen-bond acceptors (Lipinski definition) is 7. The van der Waals surface area contributed by atoms with Gasteiger partial charge in [0.25, 0.3) is 0 Å². The minimum Gasteiger partial charge on any atom is -0.464 e. The zero-order valence-electron chi connectivity index (χ0n) is 12.7. The molecule has 0 aromatic heterocycles. The topological polar surface area (TPSA) is 120 Å². The number of amides is 1. The van der Waals surface area contributed by atoms with Crippen molar-refractivity contribution in [3.63, 3.8) is 0 Å². The van der Waals surface area contributed by atoms with Gasteiger partial charge in [0.15, 0.2) is 0 Å². The third-order valence-electron chi connectivity index (χ3n) is 1.98. The van der Waals surface area contributed by atoms with E-state index in [4.69, 9.17) is 27.8 Å². The van der Waals surface area contributed by atoms with Crippen LogP contribution in [0.5, 0.6) is 0 Å². The lowest BCUT2D eigenvalue weighted by atomic mass is 10.2. The molecule has 1 amide bonds. The van der Waals surface area contributed by atoms with E-state index in [9.17, 15) is 9.59 Å². The summed E-state index contributed by atoms with van der Waals surface area (Å²) >= 11 is 5.72. The fourth-order valence-corrected chi connectivity index (χ4v) is 1.33. The Kier molecular flexibility index (Phi) is 6.87. The predicted molar refractivity (Wildman–Crippen MR) is 78.5 cm³/mol. The van der Waals surface area contributed by atoms with Crippen molar-refractivity contribution in [2.75, 3.05) is 14.2 Å². The first-order valence-electron chi connectivity index (χ1n) is 5.92. The highest BCUT2D eigenvalue weighted by Gasteiger charge is 2.19. The molecule has 0 aliphatic heterocycles. The molecule has 0 fully saturated rings. The molecule has 8 nitrogen and oxygen atoms in total. The molecule has 0 aromatic carbocycles. The number of hydrogen-bond donors (Lipinski definition) is 3. The summed E-state index contributed by atoms with van der Waals surface area (Å²) in [7, 11) is 2.63. The van der Waals surface area contributed by atoms with Crippen molar-refractivity contribution < 1.29 is 19.1 Å². The minimum atomic E-state index is -0.754. The van der Waals surface area contributed by atoms with E-state index in [1.54, 1.807) is 20.8 Å². The highest BCUT2D eigenvalue weighted by molar-refractivity contribution is 6.29. The SMILES string of the molecule is COC(=O)/C(N)=C/C(=C(\N)Cl)N(C)NC(=O)OC(C)(C)C. The summed E-state index contributed by atoms with van der Waals surface area (Å²) in [5, 5.41) is 0.993. The van der Waals surface area contributed by atoms with Crippen LogP contribution < -0.4 is 16.9 Å². The number of ether oxygens (including phenoxy) is 2. The van der Waals surface area contributed by atoms with Gasteiger partial charge in [0, 0.05) is 7.05 Å². The lowest BCUT2D eigenvalue weighted by molar-refractivity contribution is -0.136. The van der Waals surface area contributed by atoms with E-state index < -0.39 is 17.7 Å². The second-order valence-corrected chi connectivity index (χ2v) is 5.40. The van der Waals surface area contributed by atoms with Crippen LogP contribution in [-0.4, -0.2) is 36.8 Å². The summed E-state index contributed by atoms with van der Waals surface area (Å²) in [6.07, 6.45) is 0.455. The Bertz CT molecular complexity index is 464. The molecule has 0 rings (SSSR count). The second-order valence-electron chi connectivity index (χ2n) is 5.00. The molecule has 0 bridgehead atoms. The zero-order valence-corrected chi connectivity index (χ0v) is 13.4. The molecule has 0 unspecified atom stereocenters. The molecule has 0 radical (unpaired) electrons. The number of nitrogens with two attached hydrogens (primary N) is 2. The van der Waals surface area contributed by atoms with Gasteiger partial charge in [-0.05, 0) is 26.8 Å². The summed E-state index contributed by atoms with van der Waals surface area (Å²) in [6, 6.07) is 0. The van der Waals surface area contributed by atoms with Crippen LogP contribution in [-0.2, 0) is 14.3 Å². The van der Waals surface area contributed by atoms with Crippen molar-refractivity contribution in [3.05, 3.63) is 22.6 Å². The number of methoxy groups -OCH3 is 1. The summed E-state index contributed by atoms with van der Waals surface area (Å²) in [5.41, 5.74) is 12.6. The van der Waals surface area contributed by atoms with Crippen LogP contribution in [0.25, 0.3) is 0 Å². The van der Waals surface area contributed by atoms with Crippen LogP contribution in [0.15, 0.2) is 22.6 Å². The van der Waals surface area contributed by atoms with E-state index in [1.165, 1.54) is 25.2 Å². The maximum atomic E-state index is 11.6. The number of esters is 1. The van der Waals surface area contributed by atoms with Gasteiger partial charge in [0.05, 0.1) is 12.8 Å². The smallest absolute Gasteiger partial charge is 0.426 e. The van der Waals surface area contributed by atoms with E-state index in [-0.39, 0.29) is 16.6 Å². The van der Waals surface area contributed by atoms with E-state index in [0.717, 1.165) is 0 Å². The average Bonchev–Trinajstić information content (AvgIpc) is 2.31. The van der Waals surface area contributed by atoms with Gasteiger partial charge in [-0.2, -0.15) is 0 Å². The number of allylic oxidation sites excluding steroid dienone is 1. The fraction of sp³-hybridized carbons (Fsp3) is 0.500. The molecule has 21 heavy (non-hydrogen) atoms. The molecule has 0 saturated carbocycles. The largest absolute Gasteiger partial charge is 0.464 e. The third-order valence-corrected chi connectivity index (χ3v) is 2.17. The number of carbonyl (C=O) groups excluding carboxylic acids is 2.